The predicted octanol–water partition coefficient (Wildman–Crippen LogP) is 4.56. The quantitative estimate of drug-likeness (QED) is 0.646. The number of fused-ring (bicyclic) bond motifs is 1. The third kappa shape index (κ3) is 2.57. The molecule has 0 spiro atoms. The summed E-state index contributed by atoms with van der Waals surface area (Å²) in [5.74, 6) is -0.347. The van der Waals surface area contributed by atoms with Crippen LogP contribution in [0.3, 0.4) is 0 Å². The Labute approximate surface area is 142 Å². The lowest BCUT2D eigenvalue weighted by atomic mass is 10.1. The minimum Gasteiger partial charge on any atom is -0.349 e. The van der Waals surface area contributed by atoms with E-state index < -0.39 is 9.73 Å². The fraction of sp³-hybridized carbons (Fsp3) is 0.188. The van der Waals surface area contributed by atoms with Gasteiger partial charge in [0.2, 0.25) is 0 Å². The number of nitrogens with one attached hydrogen (secondary N) is 1. The Morgan fingerprint density at radius 1 is 1.22 bits per heavy atom. The molecule has 0 saturated heterocycles. The zero-order valence-corrected chi connectivity index (χ0v) is 15.3. The monoisotopic (exact) mass is 395 g/mol. The first-order valence-corrected chi connectivity index (χ1v) is 9.23. The zero-order chi connectivity index (χ0) is 16.9. The molecule has 0 aliphatic carbocycles. The molecule has 3 rings (SSSR count). The summed E-state index contributed by atoms with van der Waals surface area (Å²) in [7, 11) is -1.50. The van der Waals surface area contributed by atoms with Gasteiger partial charge in [0.15, 0.2) is 0 Å². The van der Waals surface area contributed by atoms with E-state index in [1.54, 1.807) is 37.7 Å². The maximum atomic E-state index is 13.7. The molecule has 4 nitrogen and oxygen atoms in total. The highest BCUT2D eigenvalue weighted by Crippen LogP contribution is 2.34. The van der Waals surface area contributed by atoms with Gasteiger partial charge in [0.05, 0.1) is 15.3 Å². The zero-order valence-electron chi connectivity index (χ0n) is 12.9. The maximum Gasteiger partial charge on any atom is 0.125 e. The highest BCUT2D eigenvalue weighted by Gasteiger charge is 2.23. The van der Waals surface area contributed by atoms with Crippen LogP contribution in [0.5, 0.6) is 0 Å². The van der Waals surface area contributed by atoms with E-state index in [0.29, 0.717) is 30.9 Å². The molecule has 7 heteroatoms. The van der Waals surface area contributed by atoms with Crippen molar-refractivity contribution in [2.24, 2.45) is 7.05 Å². The van der Waals surface area contributed by atoms with E-state index in [9.17, 15) is 8.60 Å². The number of pyridine rings is 1. The number of aromatic nitrogens is 2. The van der Waals surface area contributed by atoms with Crippen LogP contribution >= 0.6 is 15.9 Å². The molecule has 3 aromatic rings. The Bertz CT molecular complexity index is 1040. The molecule has 0 saturated carbocycles. The Balaban J connectivity index is 2.36. The minimum absolute atomic E-state index is 0.347. The molecule has 0 aliphatic heterocycles. The predicted molar refractivity (Wildman–Crippen MR) is 91.7 cm³/mol. The lowest BCUT2D eigenvalue weighted by Crippen LogP contribution is -2.03. The summed E-state index contributed by atoms with van der Waals surface area (Å²) < 4.78 is 37.8. The number of benzene rings is 1. The third-order valence-corrected chi connectivity index (χ3v) is 6.27. The number of hydrogen-bond acceptors (Lipinski definition) is 3. The van der Waals surface area contributed by atoms with Gasteiger partial charge in [0.25, 0.3) is 0 Å². The van der Waals surface area contributed by atoms with Crippen LogP contribution in [0.25, 0.3) is 10.9 Å². The van der Waals surface area contributed by atoms with Crippen molar-refractivity contribution in [3.05, 3.63) is 52.1 Å². The Kier molecular flexibility index (Phi) is 3.80. The van der Waals surface area contributed by atoms with Gasteiger partial charge in [-0.25, -0.2) is 18.4 Å². The highest BCUT2D eigenvalue weighted by atomic mass is 79.9. The lowest BCUT2D eigenvalue weighted by Gasteiger charge is -2.10. The third-order valence-electron chi connectivity index (χ3n) is 3.87. The summed E-state index contributed by atoms with van der Waals surface area (Å²) in [5.41, 5.74) is 2.02. The molecule has 120 valence electrons. The topological polar surface area (TPSA) is 58.7 Å². The molecule has 1 N–H and O–H groups in total. The molecule has 2 aromatic heterocycles. The molecule has 0 aliphatic rings. The van der Waals surface area contributed by atoms with Crippen molar-refractivity contribution in [3.63, 3.8) is 0 Å². The number of hydrogen-bond donors (Lipinski definition) is 1. The van der Waals surface area contributed by atoms with Gasteiger partial charge in [-0.2, -0.15) is 0 Å². The van der Waals surface area contributed by atoms with Crippen LogP contribution in [0.4, 0.5) is 4.39 Å². The van der Waals surface area contributed by atoms with Crippen molar-refractivity contribution >= 4 is 36.6 Å². The van der Waals surface area contributed by atoms with Gasteiger partial charge < -0.3 is 4.57 Å². The summed E-state index contributed by atoms with van der Waals surface area (Å²) in [4.78, 5) is 4.87. The minimum atomic E-state index is -3.25. The average Bonchev–Trinajstić information content (AvgIpc) is 2.76. The van der Waals surface area contributed by atoms with Crippen molar-refractivity contribution in [3.8, 4) is 0 Å². The van der Waals surface area contributed by atoms with Crippen LogP contribution in [0.15, 0.2) is 45.0 Å². The van der Waals surface area contributed by atoms with Crippen LogP contribution < -0.4 is 0 Å². The highest BCUT2D eigenvalue weighted by molar-refractivity contribution is 9.10. The molecule has 0 amide bonds. The van der Waals surface area contributed by atoms with Gasteiger partial charge in [-0.1, -0.05) is 0 Å². The Hall–Kier alpha value is -1.73. The van der Waals surface area contributed by atoms with Crippen LogP contribution in [-0.2, 0) is 16.8 Å². The maximum absolute atomic E-state index is 13.7. The molecule has 0 radical (unpaired) electrons. The van der Waals surface area contributed by atoms with Crippen LogP contribution in [-0.4, -0.2) is 13.8 Å². The molecule has 0 bridgehead atoms. The molecular weight excluding hydrogens is 381 g/mol. The average molecular weight is 396 g/mol. The number of nitrogens with zero attached hydrogens (tertiary/aromatic N) is 2. The van der Waals surface area contributed by atoms with Gasteiger partial charge in [0.1, 0.15) is 20.1 Å². The van der Waals surface area contributed by atoms with Gasteiger partial charge in [-0.15, -0.1) is 0 Å². The van der Waals surface area contributed by atoms with Gasteiger partial charge in [0, 0.05) is 24.8 Å². The second-order valence-electron chi connectivity index (χ2n) is 5.55. The molecule has 0 fully saturated rings. The van der Waals surface area contributed by atoms with Gasteiger partial charge in [-0.05, 0) is 59.1 Å². The number of aryl methyl sites for hydroxylation is 3. The van der Waals surface area contributed by atoms with Crippen LogP contribution in [0, 0.1) is 24.4 Å². The largest absolute Gasteiger partial charge is 0.349 e. The standard InChI is InChI=1S/C16H15BrFN3OS/c1-9-5-15(17)20-7-13(9)23(19,22)14-8-21(3)12-6-11(18)4-10(2)16(12)14/h4-8,19H,1-3H3. The first-order chi connectivity index (χ1) is 10.7. The fourth-order valence-electron chi connectivity index (χ4n) is 2.78. The van der Waals surface area contributed by atoms with E-state index in [0.717, 1.165) is 5.56 Å². The summed E-state index contributed by atoms with van der Waals surface area (Å²) in [6.07, 6.45) is 3.11. The molecular formula is C16H15BrFN3OS. The first-order valence-electron chi connectivity index (χ1n) is 6.88. The van der Waals surface area contributed by atoms with E-state index in [2.05, 4.69) is 20.9 Å². The van der Waals surface area contributed by atoms with Crippen molar-refractivity contribution in [2.75, 3.05) is 0 Å². The lowest BCUT2D eigenvalue weighted by molar-refractivity contribution is 0.627. The second-order valence-corrected chi connectivity index (χ2v) is 8.35. The van der Waals surface area contributed by atoms with Crippen molar-refractivity contribution in [1.82, 2.24) is 9.55 Å². The summed E-state index contributed by atoms with van der Waals surface area (Å²) in [5, 5.41) is 0.663. The van der Waals surface area contributed by atoms with Crippen LogP contribution in [0.1, 0.15) is 11.1 Å². The summed E-state index contributed by atoms with van der Waals surface area (Å²) in [6.45, 7) is 3.56. The second kappa shape index (κ2) is 5.42. The van der Waals surface area contributed by atoms with Crippen LogP contribution in [0.2, 0.25) is 0 Å². The smallest absolute Gasteiger partial charge is 0.125 e. The SMILES string of the molecule is Cc1cc(Br)ncc1S(=N)(=O)c1cn(C)c2cc(F)cc(C)c12. The van der Waals surface area contributed by atoms with E-state index >= 15 is 0 Å². The van der Waals surface area contributed by atoms with Gasteiger partial charge in [-0.3, -0.25) is 0 Å². The Morgan fingerprint density at radius 3 is 2.57 bits per heavy atom. The number of rotatable bonds is 2. The molecule has 1 aromatic carbocycles. The van der Waals surface area contributed by atoms with Crippen molar-refractivity contribution in [2.45, 2.75) is 23.6 Å². The van der Waals surface area contributed by atoms with Gasteiger partial charge >= 0.3 is 0 Å². The van der Waals surface area contributed by atoms with Crippen molar-refractivity contribution in [1.29, 1.82) is 4.78 Å². The normalized spacial score (nSPS) is 14.1. The first kappa shape index (κ1) is 16.1. The summed E-state index contributed by atoms with van der Waals surface area (Å²) >= 11 is 3.27. The molecule has 23 heavy (non-hydrogen) atoms. The number of halogens is 2. The van der Waals surface area contributed by atoms with Crippen molar-refractivity contribution < 1.29 is 8.60 Å². The molecule has 1 atom stereocenters. The van der Waals surface area contributed by atoms with E-state index in [4.69, 9.17) is 4.78 Å². The molecule has 2 heterocycles. The van der Waals surface area contributed by atoms with E-state index in [-0.39, 0.29) is 5.82 Å². The summed E-state index contributed by atoms with van der Waals surface area (Å²) in [6, 6.07) is 4.53. The fourth-order valence-corrected chi connectivity index (χ4v) is 5.04. The Morgan fingerprint density at radius 2 is 1.91 bits per heavy atom. The van der Waals surface area contributed by atoms with E-state index in [1.165, 1.54) is 18.3 Å². The van der Waals surface area contributed by atoms with E-state index in [1.807, 2.05) is 0 Å². The molecule has 1 unspecified atom stereocenters.